The topological polar surface area (TPSA) is 85.0 Å². The maximum Gasteiger partial charge on any atom is 0.333 e. The van der Waals surface area contributed by atoms with Crippen molar-refractivity contribution in [2.24, 2.45) is 7.05 Å². The molecule has 1 saturated heterocycles. The van der Waals surface area contributed by atoms with Gasteiger partial charge in [-0.25, -0.2) is 4.68 Å². The number of nitrogens with zero attached hydrogens (tertiary/aromatic N) is 3. The lowest BCUT2D eigenvalue weighted by Gasteiger charge is -2.11. The fourth-order valence-electron chi connectivity index (χ4n) is 2.73. The second-order valence-electron chi connectivity index (χ2n) is 5.28. The van der Waals surface area contributed by atoms with Gasteiger partial charge in [0.05, 0.1) is 4.92 Å². The molecule has 0 aliphatic carbocycles. The third-order valence-corrected chi connectivity index (χ3v) is 3.71. The summed E-state index contributed by atoms with van der Waals surface area (Å²) in [6, 6.07) is 0.532. The molecule has 2 heterocycles. The molecular weight excluding hydrogens is 258 g/mol. The highest BCUT2D eigenvalue weighted by molar-refractivity contribution is 5.59. The Morgan fingerprint density at radius 1 is 1.60 bits per heavy atom. The van der Waals surface area contributed by atoms with Crippen molar-refractivity contribution in [2.75, 3.05) is 18.4 Å². The Morgan fingerprint density at radius 2 is 2.40 bits per heavy atom. The van der Waals surface area contributed by atoms with Crippen LogP contribution in [0, 0.1) is 10.1 Å². The first-order valence-corrected chi connectivity index (χ1v) is 7.31. The van der Waals surface area contributed by atoms with E-state index < -0.39 is 0 Å². The molecule has 7 heteroatoms. The van der Waals surface area contributed by atoms with Crippen LogP contribution >= 0.6 is 0 Å². The number of aromatic nitrogens is 2. The van der Waals surface area contributed by atoms with Crippen LogP contribution in [0.15, 0.2) is 0 Å². The lowest BCUT2D eigenvalue weighted by Crippen LogP contribution is -2.24. The van der Waals surface area contributed by atoms with Gasteiger partial charge in [0.25, 0.3) is 0 Å². The molecule has 1 atom stereocenters. The zero-order valence-electron chi connectivity index (χ0n) is 12.2. The first-order chi connectivity index (χ1) is 9.63. The predicted octanol–water partition coefficient (Wildman–Crippen LogP) is 1.83. The molecule has 1 fully saturated rings. The Bertz CT molecular complexity index is 466. The van der Waals surface area contributed by atoms with Gasteiger partial charge in [0, 0.05) is 19.6 Å². The standard InChI is InChI=1S/C13H23N5O2/c1-3-5-11-12(18(19)20)13(17(2)16-11)15-9-7-10-6-4-8-14-10/h10,14-15H,3-9H2,1-2H3/t10-/m1/s1. The lowest BCUT2D eigenvalue weighted by atomic mass is 10.1. The summed E-state index contributed by atoms with van der Waals surface area (Å²) in [6.45, 7) is 3.80. The predicted molar refractivity (Wildman–Crippen MR) is 78.0 cm³/mol. The minimum Gasteiger partial charge on any atom is -0.364 e. The summed E-state index contributed by atoms with van der Waals surface area (Å²) in [5.74, 6) is 0.524. The Morgan fingerprint density at radius 3 is 3.00 bits per heavy atom. The molecule has 0 spiro atoms. The SMILES string of the molecule is CCCc1nn(C)c(NCC[C@H]2CCCN2)c1[N+](=O)[O-]. The van der Waals surface area contributed by atoms with E-state index in [0.29, 0.717) is 24.0 Å². The second kappa shape index (κ2) is 6.69. The molecule has 1 aromatic heterocycles. The van der Waals surface area contributed by atoms with Gasteiger partial charge in [0.1, 0.15) is 5.69 Å². The van der Waals surface area contributed by atoms with Crippen LogP contribution in [0.1, 0.15) is 38.3 Å². The van der Waals surface area contributed by atoms with Crippen molar-refractivity contribution in [3.8, 4) is 0 Å². The van der Waals surface area contributed by atoms with Gasteiger partial charge in [0.2, 0.25) is 5.82 Å². The molecule has 2 rings (SSSR count). The number of nitro groups is 1. The van der Waals surface area contributed by atoms with E-state index >= 15 is 0 Å². The van der Waals surface area contributed by atoms with Crippen molar-refractivity contribution < 1.29 is 4.92 Å². The Labute approximate surface area is 118 Å². The van der Waals surface area contributed by atoms with Gasteiger partial charge in [0.15, 0.2) is 0 Å². The molecule has 0 unspecified atom stereocenters. The average Bonchev–Trinajstić information content (AvgIpc) is 2.99. The maximum atomic E-state index is 11.2. The van der Waals surface area contributed by atoms with Crippen LogP contribution < -0.4 is 10.6 Å². The van der Waals surface area contributed by atoms with Gasteiger partial charge in [-0.1, -0.05) is 13.3 Å². The summed E-state index contributed by atoms with van der Waals surface area (Å²) < 4.78 is 1.59. The second-order valence-corrected chi connectivity index (χ2v) is 5.28. The molecule has 1 aromatic rings. The monoisotopic (exact) mass is 281 g/mol. The molecule has 0 amide bonds. The van der Waals surface area contributed by atoms with Crippen LogP contribution in [0.4, 0.5) is 11.5 Å². The lowest BCUT2D eigenvalue weighted by molar-refractivity contribution is -0.384. The quantitative estimate of drug-likeness (QED) is 0.588. The van der Waals surface area contributed by atoms with E-state index in [-0.39, 0.29) is 10.6 Å². The van der Waals surface area contributed by atoms with Crippen LogP contribution in [-0.4, -0.2) is 33.8 Å². The highest BCUT2D eigenvalue weighted by Crippen LogP contribution is 2.29. The van der Waals surface area contributed by atoms with E-state index in [4.69, 9.17) is 0 Å². The number of hydrogen-bond donors (Lipinski definition) is 2. The maximum absolute atomic E-state index is 11.2. The smallest absolute Gasteiger partial charge is 0.333 e. The summed E-state index contributed by atoms with van der Waals surface area (Å²) in [6.07, 6.45) is 4.87. The van der Waals surface area contributed by atoms with Crippen LogP contribution in [0.5, 0.6) is 0 Å². The van der Waals surface area contributed by atoms with Gasteiger partial charge < -0.3 is 10.6 Å². The third-order valence-electron chi connectivity index (χ3n) is 3.71. The molecule has 0 radical (unpaired) electrons. The Balaban J connectivity index is 2.03. The first kappa shape index (κ1) is 14.8. The zero-order valence-corrected chi connectivity index (χ0v) is 12.2. The summed E-state index contributed by atoms with van der Waals surface area (Å²) in [5.41, 5.74) is 0.704. The molecule has 7 nitrogen and oxygen atoms in total. The highest BCUT2D eigenvalue weighted by Gasteiger charge is 2.26. The van der Waals surface area contributed by atoms with Crippen LogP contribution in [-0.2, 0) is 13.5 Å². The van der Waals surface area contributed by atoms with Crippen molar-refractivity contribution in [1.82, 2.24) is 15.1 Å². The number of anilines is 1. The molecule has 1 aliphatic rings. The van der Waals surface area contributed by atoms with E-state index in [9.17, 15) is 10.1 Å². The van der Waals surface area contributed by atoms with Crippen LogP contribution in [0.2, 0.25) is 0 Å². The van der Waals surface area contributed by atoms with Gasteiger partial charge in [-0.05, 0) is 32.2 Å². The van der Waals surface area contributed by atoms with E-state index in [1.807, 2.05) is 6.92 Å². The van der Waals surface area contributed by atoms with E-state index in [0.717, 1.165) is 25.9 Å². The van der Waals surface area contributed by atoms with Crippen molar-refractivity contribution in [3.05, 3.63) is 15.8 Å². The van der Waals surface area contributed by atoms with Gasteiger partial charge >= 0.3 is 5.69 Å². The molecule has 0 aromatic carbocycles. The fraction of sp³-hybridized carbons (Fsp3) is 0.769. The normalized spacial score (nSPS) is 18.4. The van der Waals surface area contributed by atoms with Crippen molar-refractivity contribution in [3.63, 3.8) is 0 Å². The zero-order chi connectivity index (χ0) is 14.5. The number of rotatable bonds is 7. The van der Waals surface area contributed by atoms with Crippen LogP contribution in [0.25, 0.3) is 0 Å². The van der Waals surface area contributed by atoms with Crippen molar-refractivity contribution >= 4 is 11.5 Å². The highest BCUT2D eigenvalue weighted by atomic mass is 16.6. The molecule has 0 bridgehead atoms. The molecule has 2 N–H and O–H groups in total. The number of aryl methyl sites for hydroxylation is 2. The first-order valence-electron chi connectivity index (χ1n) is 7.31. The van der Waals surface area contributed by atoms with Crippen LogP contribution in [0.3, 0.4) is 0 Å². The molecule has 0 saturated carbocycles. The minimum absolute atomic E-state index is 0.133. The summed E-state index contributed by atoms with van der Waals surface area (Å²) in [7, 11) is 1.75. The summed E-state index contributed by atoms with van der Waals surface area (Å²) in [5, 5.41) is 22.1. The fourth-order valence-corrected chi connectivity index (χ4v) is 2.73. The Kier molecular flexibility index (Phi) is 4.94. The molecular formula is C13H23N5O2. The molecule has 1 aliphatic heterocycles. The van der Waals surface area contributed by atoms with Gasteiger partial charge in [-0.3, -0.25) is 10.1 Å². The number of hydrogen-bond acceptors (Lipinski definition) is 5. The Hall–Kier alpha value is -1.63. The van der Waals surface area contributed by atoms with E-state index in [2.05, 4.69) is 15.7 Å². The number of nitrogens with one attached hydrogen (secondary N) is 2. The minimum atomic E-state index is -0.325. The molecule has 20 heavy (non-hydrogen) atoms. The van der Waals surface area contributed by atoms with Gasteiger partial charge in [-0.15, -0.1) is 0 Å². The largest absolute Gasteiger partial charge is 0.364 e. The third kappa shape index (κ3) is 3.27. The average molecular weight is 281 g/mol. The summed E-state index contributed by atoms with van der Waals surface area (Å²) in [4.78, 5) is 10.9. The van der Waals surface area contributed by atoms with Crippen molar-refractivity contribution in [2.45, 2.75) is 45.1 Å². The van der Waals surface area contributed by atoms with E-state index in [1.54, 1.807) is 11.7 Å². The van der Waals surface area contributed by atoms with Gasteiger partial charge in [-0.2, -0.15) is 5.10 Å². The molecule has 112 valence electrons. The van der Waals surface area contributed by atoms with Crippen molar-refractivity contribution in [1.29, 1.82) is 0 Å². The summed E-state index contributed by atoms with van der Waals surface area (Å²) >= 11 is 0. The van der Waals surface area contributed by atoms with E-state index in [1.165, 1.54) is 12.8 Å².